The molecular formula is C16H17F2NO. The third kappa shape index (κ3) is 3.70. The summed E-state index contributed by atoms with van der Waals surface area (Å²) in [6.07, 6.45) is 0.0828. The zero-order valence-electron chi connectivity index (χ0n) is 11.5. The van der Waals surface area contributed by atoms with Crippen molar-refractivity contribution in [3.05, 3.63) is 59.7 Å². The molecule has 0 unspecified atom stereocenters. The number of ether oxygens (including phenoxy) is 1. The number of anilines is 1. The highest BCUT2D eigenvalue weighted by molar-refractivity contribution is 5.45. The summed E-state index contributed by atoms with van der Waals surface area (Å²) in [6, 6.07) is 11.4. The van der Waals surface area contributed by atoms with Crippen LogP contribution < -0.4 is 10.1 Å². The first-order valence-corrected chi connectivity index (χ1v) is 6.49. The van der Waals surface area contributed by atoms with Crippen LogP contribution in [0.3, 0.4) is 0 Å². The van der Waals surface area contributed by atoms with E-state index in [0.717, 1.165) is 23.4 Å². The quantitative estimate of drug-likeness (QED) is 0.876. The fourth-order valence-electron chi connectivity index (χ4n) is 1.82. The van der Waals surface area contributed by atoms with Crippen molar-refractivity contribution in [3.8, 4) is 5.75 Å². The second-order valence-corrected chi connectivity index (χ2v) is 4.76. The molecular weight excluding hydrogens is 260 g/mol. The molecule has 0 spiro atoms. The Hall–Kier alpha value is -2.10. The molecule has 2 nitrogen and oxygen atoms in total. The highest BCUT2D eigenvalue weighted by Crippen LogP contribution is 2.21. The Balaban J connectivity index is 2.08. The fourth-order valence-corrected chi connectivity index (χ4v) is 1.82. The normalized spacial score (nSPS) is 10.7. The Morgan fingerprint density at radius 2 is 1.80 bits per heavy atom. The molecule has 0 amide bonds. The monoisotopic (exact) mass is 277 g/mol. The van der Waals surface area contributed by atoms with Gasteiger partial charge in [-0.15, -0.1) is 0 Å². The number of hydrogen-bond acceptors (Lipinski definition) is 2. The number of para-hydroxylation sites is 1. The standard InChI is InChI=1S/C16H17F2NO/c1-11(2)20-16-6-4-3-5-12(16)10-19-13-7-8-14(17)15(18)9-13/h3-9,11,19H,10H2,1-2H3. The molecule has 1 N–H and O–H groups in total. The van der Waals surface area contributed by atoms with Crippen molar-refractivity contribution in [1.29, 1.82) is 0 Å². The lowest BCUT2D eigenvalue weighted by Gasteiger charge is -2.15. The topological polar surface area (TPSA) is 21.3 Å². The van der Waals surface area contributed by atoms with Crippen LogP contribution in [0.15, 0.2) is 42.5 Å². The van der Waals surface area contributed by atoms with E-state index in [2.05, 4.69) is 5.32 Å². The van der Waals surface area contributed by atoms with Crippen molar-refractivity contribution >= 4 is 5.69 Å². The summed E-state index contributed by atoms with van der Waals surface area (Å²) in [6.45, 7) is 4.40. The van der Waals surface area contributed by atoms with Crippen LogP contribution in [0.5, 0.6) is 5.75 Å². The summed E-state index contributed by atoms with van der Waals surface area (Å²) in [5.41, 5.74) is 1.49. The predicted molar refractivity (Wildman–Crippen MR) is 75.9 cm³/mol. The van der Waals surface area contributed by atoms with E-state index in [-0.39, 0.29) is 6.10 Å². The van der Waals surface area contributed by atoms with Crippen LogP contribution in [0.25, 0.3) is 0 Å². The highest BCUT2D eigenvalue weighted by Gasteiger charge is 2.06. The lowest BCUT2D eigenvalue weighted by atomic mass is 10.2. The van der Waals surface area contributed by atoms with Gasteiger partial charge in [-0.1, -0.05) is 18.2 Å². The van der Waals surface area contributed by atoms with Gasteiger partial charge in [-0.3, -0.25) is 0 Å². The lowest BCUT2D eigenvalue weighted by molar-refractivity contribution is 0.240. The van der Waals surface area contributed by atoms with E-state index in [0.29, 0.717) is 12.2 Å². The molecule has 106 valence electrons. The van der Waals surface area contributed by atoms with Gasteiger partial charge >= 0.3 is 0 Å². The van der Waals surface area contributed by atoms with E-state index in [4.69, 9.17) is 4.74 Å². The van der Waals surface area contributed by atoms with Gasteiger partial charge in [0.05, 0.1) is 6.10 Å². The Labute approximate surface area is 117 Å². The second kappa shape index (κ2) is 6.37. The summed E-state index contributed by atoms with van der Waals surface area (Å²) < 4.78 is 31.7. The van der Waals surface area contributed by atoms with Crippen molar-refractivity contribution < 1.29 is 13.5 Å². The molecule has 0 aliphatic carbocycles. The van der Waals surface area contributed by atoms with Crippen LogP contribution in [0.1, 0.15) is 19.4 Å². The number of hydrogen-bond donors (Lipinski definition) is 1. The van der Waals surface area contributed by atoms with Gasteiger partial charge < -0.3 is 10.1 Å². The number of halogens is 2. The molecule has 0 aromatic heterocycles. The number of rotatable bonds is 5. The van der Waals surface area contributed by atoms with Crippen molar-refractivity contribution in [2.24, 2.45) is 0 Å². The SMILES string of the molecule is CC(C)Oc1ccccc1CNc1ccc(F)c(F)c1. The highest BCUT2D eigenvalue weighted by atomic mass is 19.2. The van der Waals surface area contributed by atoms with Gasteiger partial charge in [0.1, 0.15) is 5.75 Å². The molecule has 20 heavy (non-hydrogen) atoms. The molecule has 0 bridgehead atoms. The van der Waals surface area contributed by atoms with Crippen molar-refractivity contribution in [2.75, 3.05) is 5.32 Å². The predicted octanol–water partition coefficient (Wildman–Crippen LogP) is 4.36. The van der Waals surface area contributed by atoms with Crippen LogP contribution in [-0.4, -0.2) is 6.10 Å². The van der Waals surface area contributed by atoms with Gasteiger partial charge in [0.15, 0.2) is 11.6 Å². The average Bonchev–Trinajstić information content (AvgIpc) is 2.41. The van der Waals surface area contributed by atoms with Crippen LogP contribution in [0, 0.1) is 11.6 Å². The molecule has 2 rings (SSSR count). The first-order chi connectivity index (χ1) is 9.56. The first kappa shape index (κ1) is 14.3. The maximum atomic E-state index is 13.1. The fraction of sp³-hybridized carbons (Fsp3) is 0.250. The summed E-state index contributed by atoms with van der Waals surface area (Å²) in [4.78, 5) is 0. The summed E-state index contributed by atoms with van der Waals surface area (Å²) >= 11 is 0. The molecule has 0 fully saturated rings. The van der Waals surface area contributed by atoms with E-state index in [1.54, 1.807) is 0 Å². The van der Waals surface area contributed by atoms with E-state index < -0.39 is 11.6 Å². The third-order valence-corrected chi connectivity index (χ3v) is 2.74. The van der Waals surface area contributed by atoms with Crippen LogP contribution in [0.4, 0.5) is 14.5 Å². The number of nitrogens with one attached hydrogen (secondary N) is 1. The van der Waals surface area contributed by atoms with Gasteiger partial charge in [0.2, 0.25) is 0 Å². The number of benzene rings is 2. The molecule has 0 radical (unpaired) electrons. The molecule has 0 aliphatic rings. The molecule has 0 heterocycles. The first-order valence-electron chi connectivity index (χ1n) is 6.49. The van der Waals surface area contributed by atoms with Crippen LogP contribution in [0.2, 0.25) is 0 Å². The molecule has 2 aromatic carbocycles. The van der Waals surface area contributed by atoms with Crippen LogP contribution in [-0.2, 0) is 6.54 Å². The summed E-state index contributed by atoms with van der Waals surface area (Å²) in [5.74, 6) is -0.918. The molecule has 0 saturated carbocycles. The van der Waals surface area contributed by atoms with E-state index in [9.17, 15) is 8.78 Å². The van der Waals surface area contributed by atoms with Gasteiger partial charge in [-0.25, -0.2) is 8.78 Å². The second-order valence-electron chi connectivity index (χ2n) is 4.76. The summed E-state index contributed by atoms with van der Waals surface area (Å²) in [7, 11) is 0. The Bertz CT molecular complexity index is 584. The Morgan fingerprint density at radius 3 is 2.50 bits per heavy atom. The summed E-state index contributed by atoms with van der Waals surface area (Å²) in [5, 5.41) is 3.06. The van der Waals surface area contributed by atoms with Crippen molar-refractivity contribution in [3.63, 3.8) is 0 Å². The Kier molecular flexibility index (Phi) is 4.56. The van der Waals surface area contributed by atoms with E-state index >= 15 is 0 Å². The molecule has 4 heteroatoms. The van der Waals surface area contributed by atoms with Gasteiger partial charge in [-0.05, 0) is 32.0 Å². The maximum absolute atomic E-state index is 13.1. The molecule has 2 aromatic rings. The van der Waals surface area contributed by atoms with Crippen molar-refractivity contribution in [1.82, 2.24) is 0 Å². The largest absolute Gasteiger partial charge is 0.491 e. The van der Waals surface area contributed by atoms with Gasteiger partial charge in [0, 0.05) is 23.9 Å². The minimum atomic E-state index is -0.860. The van der Waals surface area contributed by atoms with E-state index in [1.807, 2.05) is 38.1 Å². The molecule has 0 aliphatic heterocycles. The van der Waals surface area contributed by atoms with E-state index in [1.165, 1.54) is 6.07 Å². The molecule has 0 atom stereocenters. The Morgan fingerprint density at radius 1 is 1.05 bits per heavy atom. The van der Waals surface area contributed by atoms with Gasteiger partial charge in [0.25, 0.3) is 0 Å². The third-order valence-electron chi connectivity index (χ3n) is 2.74. The smallest absolute Gasteiger partial charge is 0.160 e. The molecule has 0 saturated heterocycles. The zero-order chi connectivity index (χ0) is 14.5. The zero-order valence-corrected chi connectivity index (χ0v) is 11.5. The van der Waals surface area contributed by atoms with Crippen molar-refractivity contribution in [2.45, 2.75) is 26.5 Å². The van der Waals surface area contributed by atoms with Gasteiger partial charge in [-0.2, -0.15) is 0 Å². The minimum absolute atomic E-state index is 0.0828. The van der Waals surface area contributed by atoms with Crippen LogP contribution >= 0.6 is 0 Å². The average molecular weight is 277 g/mol. The lowest BCUT2D eigenvalue weighted by Crippen LogP contribution is -2.09. The maximum Gasteiger partial charge on any atom is 0.160 e. The minimum Gasteiger partial charge on any atom is -0.491 e.